The van der Waals surface area contributed by atoms with Crippen LogP contribution in [0.4, 0.5) is 0 Å². The van der Waals surface area contributed by atoms with Crippen LogP contribution < -0.4 is 0 Å². The highest BCUT2D eigenvalue weighted by atomic mass is 14.5. The number of fused-ring (bicyclic) bond motifs is 8. The summed E-state index contributed by atoms with van der Waals surface area (Å²) < 4.78 is 0. The quantitative estimate of drug-likeness (QED) is 0.158. The summed E-state index contributed by atoms with van der Waals surface area (Å²) in [6.07, 6.45) is 9.93. The second-order valence-electron chi connectivity index (χ2n) is 18.5. The Balaban J connectivity index is 0.000000157. The van der Waals surface area contributed by atoms with Crippen molar-refractivity contribution < 1.29 is 0 Å². The standard InChI is InChI=1S/C34H34.C16H16.C10H14/c1-4-10-28-27(13-9-14-29(28)26-12-6-5-11-24(26)3)25-16-18-31-30-17-15-23(2)21-32(30)34(33(31)22-25)19-7-8-20-34;1-11-8-9-13-12-6-4-5-7-14(12)16(2,3)15(13)10-11;1-3-4-10-7-5-9(2)6-8-10/h5-6,9,11-18,21-22H,4,7-8,10,19-20H2,1-3H3;4-10H,1-3H3;5-8H,3-4H2,1-2H3. The molecule has 7 aromatic rings. The smallest absolute Gasteiger partial charge is 0.0215 e. The number of hydrogen-bond donors (Lipinski definition) is 0. The van der Waals surface area contributed by atoms with Gasteiger partial charge in [-0.1, -0.05) is 210 Å². The Hall–Kier alpha value is -5.46. The summed E-state index contributed by atoms with van der Waals surface area (Å²) in [7, 11) is 0. The Kier molecular flexibility index (Phi) is 11.9. The van der Waals surface area contributed by atoms with Crippen LogP contribution in [-0.2, 0) is 23.7 Å². The van der Waals surface area contributed by atoms with Gasteiger partial charge in [0.15, 0.2) is 0 Å². The van der Waals surface area contributed by atoms with Crippen LogP contribution in [-0.4, -0.2) is 0 Å². The summed E-state index contributed by atoms with van der Waals surface area (Å²) >= 11 is 0. The van der Waals surface area contributed by atoms with Gasteiger partial charge in [-0.3, -0.25) is 0 Å². The summed E-state index contributed by atoms with van der Waals surface area (Å²) in [6, 6.07) is 54.6. The van der Waals surface area contributed by atoms with E-state index in [9.17, 15) is 0 Å². The second kappa shape index (κ2) is 17.3. The van der Waals surface area contributed by atoms with E-state index in [2.05, 4.69) is 201 Å². The van der Waals surface area contributed by atoms with Gasteiger partial charge in [0, 0.05) is 10.8 Å². The minimum atomic E-state index is 0.151. The fraction of sp³-hybridized carbons (Fsp3) is 0.300. The molecule has 0 saturated heterocycles. The molecule has 0 aliphatic heterocycles. The van der Waals surface area contributed by atoms with Crippen LogP contribution in [0.1, 0.15) is 122 Å². The molecule has 1 fully saturated rings. The van der Waals surface area contributed by atoms with Gasteiger partial charge in [-0.25, -0.2) is 0 Å². The van der Waals surface area contributed by atoms with Crippen LogP contribution >= 0.6 is 0 Å². The molecule has 0 nitrogen and oxygen atoms in total. The molecule has 0 heteroatoms. The third kappa shape index (κ3) is 7.71. The van der Waals surface area contributed by atoms with Crippen LogP contribution in [0.3, 0.4) is 0 Å². The van der Waals surface area contributed by atoms with Crippen molar-refractivity contribution in [3.63, 3.8) is 0 Å². The summed E-state index contributed by atoms with van der Waals surface area (Å²) in [5.41, 5.74) is 26.1. The highest BCUT2D eigenvalue weighted by Crippen LogP contribution is 2.58. The van der Waals surface area contributed by atoms with Crippen molar-refractivity contribution >= 4 is 0 Å². The maximum atomic E-state index is 2.56. The molecule has 0 bridgehead atoms. The first kappa shape index (κ1) is 41.3. The summed E-state index contributed by atoms with van der Waals surface area (Å²) in [4.78, 5) is 0. The molecule has 0 N–H and O–H groups in total. The molecule has 60 heavy (non-hydrogen) atoms. The molecule has 7 aromatic carbocycles. The van der Waals surface area contributed by atoms with Crippen molar-refractivity contribution in [1.29, 1.82) is 0 Å². The van der Waals surface area contributed by atoms with Crippen molar-refractivity contribution in [2.24, 2.45) is 0 Å². The maximum Gasteiger partial charge on any atom is 0.0215 e. The van der Waals surface area contributed by atoms with Gasteiger partial charge in [0.05, 0.1) is 0 Å². The highest BCUT2D eigenvalue weighted by molar-refractivity contribution is 5.87. The fourth-order valence-electron chi connectivity index (χ4n) is 10.7. The zero-order valence-electron chi connectivity index (χ0n) is 37.5. The van der Waals surface area contributed by atoms with Crippen LogP contribution in [0.2, 0.25) is 0 Å². The molecular weight excluding hydrogens is 721 g/mol. The average Bonchev–Trinajstić information content (AvgIpc) is 3.92. The van der Waals surface area contributed by atoms with Crippen molar-refractivity contribution in [3.05, 3.63) is 201 Å². The van der Waals surface area contributed by atoms with Gasteiger partial charge in [0.2, 0.25) is 0 Å². The van der Waals surface area contributed by atoms with Gasteiger partial charge < -0.3 is 0 Å². The minimum Gasteiger partial charge on any atom is -0.0651 e. The first-order valence-electron chi connectivity index (χ1n) is 22.8. The number of aryl methyl sites for hydroxylation is 5. The van der Waals surface area contributed by atoms with E-state index in [-0.39, 0.29) is 10.8 Å². The van der Waals surface area contributed by atoms with Gasteiger partial charge in [0.1, 0.15) is 0 Å². The first-order valence-corrected chi connectivity index (χ1v) is 22.8. The van der Waals surface area contributed by atoms with Gasteiger partial charge in [0.25, 0.3) is 0 Å². The van der Waals surface area contributed by atoms with Crippen molar-refractivity contribution in [2.75, 3.05) is 0 Å². The van der Waals surface area contributed by atoms with E-state index in [0.29, 0.717) is 0 Å². The van der Waals surface area contributed by atoms with Gasteiger partial charge in [-0.2, -0.15) is 0 Å². The Bertz CT molecular complexity index is 2620. The molecule has 3 aliphatic carbocycles. The van der Waals surface area contributed by atoms with Crippen LogP contribution in [0.5, 0.6) is 0 Å². The molecule has 0 aromatic heterocycles. The lowest BCUT2D eigenvalue weighted by Gasteiger charge is -2.27. The lowest BCUT2D eigenvalue weighted by atomic mass is 9.75. The molecule has 10 rings (SSSR count). The molecule has 0 heterocycles. The van der Waals surface area contributed by atoms with Crippen molar-refractivity contribution in [1.82, 2.24) is 0 Å². The predicted octanol–water partition coefficient (Wildman–Crippen LogP) is 16.7. The summed E-state index contributed by atoms with van der Waals surface area (Å²) in [5.74, 6) is 0. The normalized spacial score (nSPS) is 14.6. The van der Waals surface area contributed by atoms with Gasteiger partial charge >= 0.3 is 0 Å². The molecule has 0 unspecified atom stereocenters. The van der Waals surface area contributed by atoms with Crippen molar-refractivity contribution in [3.8, 4) is 44.5 Å². The lowest BCUT2D eigenvalue weighted by molar-refractivity contribution is 0.549. The Labute approximate surface area is 361 Å². The Morgan fingerprint density at radius 2 is 0.933 bits per heavy atom. The fourth-order valence-corrected chi connectivity index (χ4v) is 10.7. The highest BCUT2D eigenvalue weighted by Gasteiger charge is 2.45. The van der Waals surface area contributed by atoms with E-state index in [4.69, 9.17) is 0 Å². The summed E-state index contributed by atoms with van der Waals surface area (Å²) in [5, 5.41) is 0. The monoisotopic (exact) mass is 785 g/mol. The van der Waals surface area contributed by atoms with Gasteiger partial charge in [-0.05, 0) is 143 Å². The number of rotatable bonds is 6. The zero-order valence-corrected chi connectivity index (χ0v) is 37.5. The van der Waals surface area contributed by atoms with E-state index in [0.717, 1.165) is 12.8 Å². The second-order valence-corrected chi connectivity index (χ2v) is 18.5. The molecule has 0 atom stereocenters. The van der Waals surface area contributed by atoms with E-state index in [1.54, 1.807) is 11.1 Å². The minimum absolute atomic E-state index is 0.151. The number of hydrogen-bond acceptors (Lipinski definition) is 0. The predicted molar refractivity (Wildman–Crippen MR) is 259 cm³/mol. The topological polar surface area (TPSA) is 0 Å². The average molecular weight is 785 g/mol. The van der Waals surface area contributed by atoms with E-state index in [1.165, 1.54) is 128 Å². The van der Waals surface area contributed by atoms with Crippen LogP contribution in [0.15, 0.2) is 146 Å². The third-order valence-electron chi connectivity index (χ3n) is 13.8. The van der Waals surface area contributed by atoms with Crippen LogP contribution in [0.25, 0.3) is 44.5 Å². The summed E-state index contributed by atoms with van der Waals surface area (Å²) in [6.45, 7) is 17.9. The Morgan fingerprint density at radius 1 is 0.417 bits per heavy atom. The maximum absolute atomic E-state index is 2.56. The van der Waals surface area contributed by atoms with E-state index < -0.39 is 0 Å². The molecule has 0 radical (unpaired) electrons. The SMILES string of the molecule is CCCc1c(-c2ccc3c(c2)C2(CCCC2)c2cc(C)ccc2-3)cccc1-c1ccccc1C.CCCc1ccc(C)cc1.Cc1ccc2c(c1)C(C)(C)c1ccccc1-2. The number of benzene rings is 7. The zero-order chi connectivity index (χ0) is 42.0. The molecule has 304 valence electrons. The van der Waals surface area contributed by atoms with Gasteiger partial charge in [-0.15, -0.1) is 0 Å². The van der Waals surface area contributed by atoms with E-state index >= 15 is 0 Å². The third-order valence-corrected chi connectivity index (χ3v) is 13.8. The van der Waals surface area contributed by atoms with Crippen molar-refractivity contribution in [2.45, 2.75) is 118 Å². The Morgan fingerprint density at radius 3 is 1.60 bits per heavy atom. The molecule has 1 saturated carbocycles. The lowest BCUT2D eigenvalue weighted by Crippen LogP contribution is -2.20. The molecular formula is C60H64. The molecule has 1 spiro atoms. The largest absolute Gasteiger partial charge is 0.0651 e. The molecule has 3 aliphatic rings. The molecule has 0 amide bonds. The van der Waals surface area contributed by atoms with E-state index in [1.807, 2.05) is 0 Å². The first-order chi connectivity index (χ1) is 29.1. The van der Waals surface area contributed by atoms with Crippen LogP contribution in [0, 0.1) is 27.7 Å².